The van der Waals surface area contributed by atoms with E-state index in [9.17, 15) is 4.39 Å². The largest absolute Gasteiger partial charge is 0.372 e. The summed E-state index contributed by atoms with van der Waals surface area (Å²) >= 11 is 0. The fraction of sp³-hybridized carbons (Fsp3) is 0.368. The van der Waals surface area contributed by atoms with Crippen LogP contribution in [0.15, 0.2) is 30.7 Å². The van der Waals surface area contributed by atoms with Gasteiger partial charge in [0.15, 0.2) is 5.65 Å². The average Bonchev–Trinajstić information content (AvgIpc) is 3.35. The third-order valence-electron chi connectivity index (χ3n) is 5.36. The Kier molecular flexibility index (Phi) is 4.27. The topological polar surface area (TPSA) is 99.1 Å². The zero-order chi connectivity index (χ0) is 20.0. The SMILES string of the molecule is CNc1nc(N[C@H]2CCN(C)C[C@H]2F)nc2[nH]cc(-c3ccn4nccc4n3)c12. The minimum atomic E-state index is -0.961. The number of piperidine rings is 1. The van der Waals surface area contributed by atoms with E-state index in [1.807, 2.05) is 43.5 Å². The van der Waals surface area contributed by atoms with E-state index in [0.29, 0.717) is 30.4 Å². The highest BCUT2D eigenvalue weighted by Gasteiger charge is 2.28. The van der Waals surface area contributed by atoms with Gasteiger partial charge in [-0.05, 0) is 19.5 Å². The van der Waals surface area contributed by atoms with E-state index in [1.54, 1.807) is 10.7 Å². The molecule has 0 aromatic carbocycles. The van der Waals surface area contributed by atoms with Crippen LogP contribution in [0.1, 0.15) is 6.42 Å². The van der Waals surface area contributed by atoms with Gasteiger partial charge in [0.1, 0.15) is 17.6 Å². The van der Waals surface area contributed by atoms with Gasteiger partial charge in [-0.15, -0.1) is 0 Å². The van der Waals surface area contributed by atoms with Crippen molar-refractivity contribution in [2.75, 3.05) is 37.8 Å². The van der Waals surface area contributed by atoms with Gasteiger partial charge in [-0.25, -0.2) is 13.9 Å². The van der Waals surface area contributed by atoms with Crippen LogP contribution in [0.25, 0.3) is 27.9 Å². The first-order chi connectivity index (χ1) is 14.1. The summed E-state index contributed by atoms with van der Waals surface area (Å²) in [5.41, 5.74) is 3.12. The summed E-state index contributed by atoms with van der Waals surface area (Å²) in [4.78, 5) is 19.0. The number of hydrogen-bond donors (Lipinski definition) is 3. The van der Waals surface area contributed by atoms with Crippen LogP contribution in [0.5, 0.6) is 0 Å². The maximum atomic E-state index is 14.4. The molecule has 5 heterocycles. The number of nitrogens with zero attached hydrogens (tertiary/aromatic N) is 6. The standard InChI is InChI=1S/C19H22FN9/c1-21-17-16-11(13-5-8-29-15(24-13)3-6-23-29)9-22-18(16)27-19(26-17)25-14-4-7-28(2)10-12(14)20/h3,5-6,8-9,12,14H,4,7,10H2,1-2H3,(H3,21,22,25,26,27)/t12-,14+/m1/s1. The van der Waals surface area contributed by atoms with Crippen LogP contribution in [0, 0.1) is 0 Å². The van der Waals surface area contributed by atoms with E-state index in [4.69, 9.17) is 0 Å². The number of likely N-dealkylation sites (tertiary alicyclic amines) is 1. The molecule has 1 saturated heterocycles. The molecule has 0 aliphatic carbocycles. The number of anilines is 2. The minimum absolute atomic E-state index is 0.297. The number of rotatable bonds is 4. The second-order valence-corrected chi connectivity index (χ2v) is 7.34. The second-order valence-electron chi connectivity index (χ2n) is 7.34. The van der Waals surface area contributed by atoms with E-state index >= 15 is 0 Å². The lowest BCUT2D eigenvalue weighted by molar-refractivity contribution is 0.149. The number of alkyl halides is 1. The third-order valence-corrected chi connectivity index (χ3v) is 5.36. The first-order valence-electron chi connectivity index (χ1n) is 9.59. The molecule has 3 N–H and O–H groups in total. The van der Waals surface area contributed by atoms with E-state index in [1.165, 1.54) is 0 Å². The average molecular weight is 395 g/mol. The Labute approximate surface area is 166 Å². The third kappa shape index (κ3) is 3.15. The molecule has 0 unspecified atom stereocenters. The summed E-state index contributed by atoms with van der Waals surface area (Å²) in [6.45, 7) is 1.25. The molecule has 4 aromatic heterocycles. The van der Waals surface area contributed by atoms with E-state index in [-0.39, 0.29) is 6.04 Å². The molecule has 4 aromatic rings. The van der Waals surface area contributed by atoms with Crippen molar-refractivity contribution in [2.24, 2.45) is 0 Å². The highest BCUT2D eigenvalue weighted by Crippen LogP contribution is 2.32. The fourth-order valence-electron chi connectivity index (χ4n) is 3.83. The van der Waals surface area contributed by atoms with Gasteiger partial charge >= 0.3 is 0 Å². The maximum Gasteiger partial charge on any atom is 0.226 e. The van der Waals surface area contributed by atoms with Crippen LogP contribution in [0.4, 0.5) is 16.2 Å². The summed E-state index contributed by atoms with van der Waals surface area (Å²) in [7, 11) is 3.74. The van der Waals surface area contributed by atoms with Gasteiger partial charge in [0, 0.05) is 44.2 Å². The van der Waals surface area contributed by atoms with Crippen LogP contribution < -0.4 is 10.6 Å². The minimum Gasteiger partial charge on any atom is -0.372 e. The first kappa shape index (κ1) is 17.8. The Balaban J connectivity index is 1.52. The Morgan fingerprint density at radius 3 is 2.97 bits per heavy atom. The normalized spacial score (nSPS) is 20.4. The molecule has 150 valence electrons. The van der Waals surface area contributed by atoms with E-state index < -0.39 is 6.17 Å². The number of aromatic nitrogens is 6. The van der Waals surface area contributed by atoms with Gasteiger partial charge < -0.3 is 20.5 Å². The Hall–Kier alpha value is -3.27. The zero-order valence-corrected chi connectivity index (χ0v) is 16.2. The van der Waals surface area contributed by atoms with Crippen LogP contribution in [-0.4, -0.2) is 73.8 Å². The van der Waals surface area contributed by atoms with Crippen LogP contribution >= 0.6 is 0 Å². The smallest absolute Gasteiger partial charge is 0.226 e. The molecule has 0 saturated carbocycles. The molecular weight excluding hydrogens is 373 g/mol. The van der Waals surface area contributed by atoms with Crippen LogP contribution in [0.3, 0.4) is 0 Å². The highest BCUT2D eigenvalue weighted by atomic mass is 19.1. The molecule has 0 bridgehead atoms. The molecule has 1 aliphatic heterocycles. The predicted octanol–water partition coefficient (Wildman–Crippen LogP) is 2.16. The van der Waals surface area contributed by atoms with Crippen molar-refractivity contribution in [2.45, 2.75) is 18.6 Å². The predicted molar refractivity (Wildman–Crippen MR) is 110 cm³/mol. The van der Waals surface area contributed by atoms with Crippen molar-refractivity contribution in [1.82, 2.24) is 34.4 Å². The van der Waals surface area contributed by atoms with Crippen molar-refractivity contribution < 1.29 is 4.39 Å². The van der Waals surface area contributed by atoms with Crippen molar-refractivity contribution >= 4 is 28.4 Å². The van der Waals surface area contributed by atoms with Gasteiger partial charge in [-0.3, -0.25) is 0 Å². The number of hydrogen-bond acceptors (Lipinski definition) is 7. The van der Waals surface area contributed by atoms with Crippen molar-refractivity contribution in [3.05, 3.63) is 30.7 Å². The molecule has 0 amide bonds. The van der Waals surface area contributed by atoms with Gasteiger partial charge in [0.05, 0.1) is 23.3 Å². The number of fused-ring (bicyclic) bond motifs is 2. The molecule has 0 spiro atoms. The quantitative estimate of drug-likeness (QED) is 0.487. The van der Waals surface area contributed by atoms with Crippen LogP contribution in [0.2, 0.25) is 0 Å². The molecular formula is C19H22FN9. The summed E-state index contributed by atoms with van der Waals surface area (Å²) in [5.74, 6) is 1.07. The molecule has 0 radical (unpaired) electrons. The number of nitrogens with one attached hydrogen (secondary N) is 3. The summed E-state index contributed by atoms with van der Waals surface area (Å²) in [6.07, 6.45) is 5.19. The van der Waals surface area contributed by atoms with Gasteiger partial charge in [-0.1, -0.05) is 0 Å². The lowest BCUT2D eigenvalue weighted by atomic mass is 10.0. The number of H-pyrrole nitrogens is 1. The molecule has 9 nitrogen and oxygen atoms in total. The fourth-order valence-corrected chi connectivity index (χ4v) is 3.83. The van der Waals surface area contributed by atoms with E-state index in [2.05, 4.69) is 35.7 Å². The Bertz CT molecular complexity index is 1170. The molecule has 1 fully saturated rings. The summed E-state index contributed by atoms with van der Waals surface area (Å²) < 4.78 is 16.1. The Morgan fingerprint density at radius 2 is 2.14 bits per heavy atom. The van der Waals surface area contributed by atoms with Crippen molar-refractivity contribution in [3.63, 3.8) is 0 Å². The molecule has 2 atom stereocenters. The van der Waals surface area contributed by atoms with Crippen LogP contribution in [-0.2, 0) is 0 Å². The maximum absolute atomic E-state index is 14.4. The van der Waals surface area contributed by atoms with Gasteiger partial charge in [0.2, 0.25) is 5.95 Å². The highest BCUT2D eigenvalue weighted by molar-refractivity contribution is 6.00. The van der Waals surface area contributed by atoms with Crippen molar-refractivity contribution in [1.29, 1.82) is 0 Å². The monoisotopic (exact) mass is 395 g/mol. The molecule has 10 heteroatoms. The van der Waals surface area contributed by atoms with Gasteiger partial charge in [-0.2, -0.15) is 15.1 Å². The molecule has 1 aliphatic rings. The number of aromatic amines is 1. The second kappa shape index (κ2) is 6.96. The summed E-state index contributed by atoms with van der Waals surface area (Å²) in [6, 6.07) is 3.46. The summed E-state index contributed by atoms with van der Waals surface area (Å²) in [5, 5.41) is 11.3. The van der Waals surface area contributed by atoms with E-state index in [0.717, 1.165) is 28.8 Å². The lowest BCUT2D eigenvalue weighted by Gasteiger charge is -2.32. The van der Waals surface area contributed by atoms with Crippen molar-refractivity contribution in [3.8, 4) is 11.3 Å². The molecule has 5 rings (SSSR count). The number of halogens is 1. The van der Waals surface area contributed by atoms with Gasteiger partial charge in [0.25, 0.3) is 0 Å². The Morgan fingerprint density at radius 1 is 1.24 bits per heavy atom. The first-order valence-corrected chi connectivity index (χ1v) is 9.59. The lowest BCUT2D eigenvalue weighted by Crippen LogP contribution is -2.46. The molecule has 29 heavy (non-hydrogen) atoms. The zero-order valence-electron chi connectivity index (χ0n) is 16.2.